The van der Waals surface area contributed by atoms with Gasteiger partial charge in [-0.25, -0.2) is 0 Å². The zero-order chi connectivity index (χ0) is 20.3. The molecular formula is C20H22N4O3S. The number of aliphatic hydroxyl groups is 1. The smallest absolute Gasteiger partial charge is 0.254 e. The highest BCUT2D eigenvalue weighted by atomic mass is 32.2. The second-order valence-corrected chi connectivity index (χ2v) is 7.79. The fourth-order valence-electron chi connectivity index (χ4n) is 2.90. The van der Waals surface area contributed by atoms with Gasteiger partial charge in [0.25, 0.3) is 5.91 Å². The molecule has 7 nitrogen and oxygen atoms in total. The zero-order valence-corrected chi connectivity index (χ0v) is 16.2. The summed E-state index contributed by atoms with van der Waals surface area (Å²) in [7, 11) is 0. The summed E-state index contributed by atoms with van der Waals surface area (Å²) in [6.45, 7) is 2.50. The third-order valence-electron chi connectivity index (χ3n) is 4.49. The van der Waals surface area contributed by atoms with E-state index in [9.17, 15) is 14.7 Å². The molecule has 5 N–H and O–H groups in total. The highest BCUT2D eigenvalue weighted by Crippen LogP contribution is 2.28. The first-order valence-electron chi connectivity index (χ1n) is 8.80. The number of hydrogen-bond acceptors (Lipinski definition) is 5. The number of nitrogens with one attached hydrogen (secondary N) is 2. The summed E-state index contributed by atoms with van der Waals surface area (Å²) in [6, 6.07) is 14.0. The number of nitrogens with zero attached hydrogens (tertiary/aromatic N) is 1. The maximum Gasteiger partial charge on any atom is 0.254 e. The predicted octanol–water partition coefficient (Wildman–Crippen LogP) is 1.73. The number of rotatable bonds is 5. The lowest BCUT2D eigenvalue weighted by atomic mass is 10.1. The van der Waals surface area contributed by atoms with E-state index >= 15 is 0 Å². The van der Waals surface area contributed by atoms with Crippen LogP contribution in [0.2, 0.25) is 0 Å². The minimum absolute atomic E-state index is 0.0710. The van der Waals surface area contributed by atoms with Crippen molar-refractivity contribution in [1.29, 1.82) is 5.41 Å². The molecule has 2 amide bonds. The lowest BCUT2D eigenvalue weighted by Crippen LogP contribution is -2.51. The molecule has 3 rings (SSSR count). The van der Waals surface area contributed by atoms with Gasteiger partial charge in [-0.3, -0.25) is 15.0 Å². The number of thioether (sulfide) groups is 1. The molecule has 2 unspecified atom stereocenters. The van der Waals surface area contributed by atoms with Crippen molar-refractivity contribution in [3.8, 4) is 0 Å². The average molecular weight is 398 g/mol. The van der Waals surface area contributed by atoms with E-state index in [1.54, 1.807) is 29.2 Å². The van der Waals surface area contributed by atoms with Crippen molar-refractivity contribution in [2.24, 2.45) is 5.73 Å². The average Bonchev–Trinajstić information content (AvgIpc) is 2.69. The van der Waals surface area contributed by atoms with Crippen LogP contribution in [0.15, 0.2) is 48.5 Å². The van der Waals surface area contributed by atoms with Crippen molar-refractivity contribution in [2.75, 3.05) is 22.5 Å². The number of anilines is 2. The molecule has 1 heterocycles. The van der Waals surface area contributed by atoms with Crippen LogP contribution in [0.1, 0.15) is 11.1 Å². The molecule has 0 bridgehead atoms. The van der Waals surface area contributed by atoms with Gasteiger partial charge in [0.15, 0.2) is 6.10 Å². The number of carbonyl (C=O) groups excluding carboxylic acids is 2. The SMILES string of the molecule is Cc1ccc(N2CCSC(C(O)C(=O)Nc3ccc(C(=N)N)cc3)C2=O)cc1. The largest absolute Gasteiger partial charge is 0.384 e. The van der Waals surface area contributed by atoms with E-state index < -0.39 is 17.3 Å². The minimum atomic E-state index is -1.47. The lowest BCUT2D eigenvalue weighted by molar-refractivity contribution is -0.129. The van der Waals surface area contributed by atoms with Gasteiger partial charge in [0.1, 0.15) is 11.1 Å². The molecular weight excluding hydrogens is 376 g/mol. The Bertz CT molecular complexity index is 883. The van der Waals surface area contributed by atoms with Crippen molar-refractivity contribution in [2.45, 2.75) is 18.3 Å². The highest BCUT2D eigenvalue weighted by molar-refractivity contribution is 8.00. The molecule has 0 aliphatic carbocycles. The van der Waals surface area contributed by atoms with Gasteiger partial charge in [0.05, 0.1) is 0 Å². The molecule has 2 aromatic carbocycles. The molecule has 1 aliphatic rings. The molecule has 0 aromatic heterocycles. The van der Waals surface area contributed by atoms with Crippen molar-refractivity contribution in [3.63, 3.8) is 0 Å². The zero-order valence-electron chi connectivity index (χ0n) is 15.4. The summed E-state index contributed by atoms with van der Waals surface area (Å²) < 4.78 is 0. The van der Waals surface area contributed by atoms with E-state index in [-0.39, 0.29) is 11.7 Å². The van der Waals surface area contributed by atoms with Gasteiger partial charge in [-0.1, -0.05) is 17.7 Å². The number of nitrogens with two attached hydrogens (primary N) is 1. The number of amidine groups is 1. The van der Waals surface area contributed by atoms with Crippen LogP contribution < -0.4 is 16.0 Å². The van der Waals surface area contributed by atoms with E-state index in [1.165, 1.54) is 11.8 Å². The van der Waals surface area contributed by atoms with Gasteiger partial charge in [-0.15, -0.1) is 11.8 Å². The molecule has 2 atom stereocenters. The van der Waals surface area contributed by atoms with Crippen molar-refractivity contribution < 1.29 is 14.7 Å². The minimum Gasteiger partial charge on any atom is -0.384 e. The van der Waals surface area contributed by atoms with Gasteiger partial charge in [-0.2, -0.15) is 0 Å². The number of aryl methyl sites for hydroxylation is 1. The Morgan fingerprint density at radius 2 is 1.89 bits per heavy atom. The van der Waals surface area contributed by atoms with Crippen LogP contribution >= 0.6 is 11.8 Å². The standard InChI is InChI=1S/C20H22N4O3S/c1-12-2-8-15(9-3-12)24-10-11-28-17(20(24)27)16(25)19(26)23-14-6-4-13(5-7-14)18(21)22/h2-9,16-17,25H,10-11H2,1H3,(H3,21,22)(H,23,26). The van der Waals surface area contributed by atoms with Crippen LogP contribution in [-0.4, -0.2) is 46.4 Å². The van der Waals surface area contributed by atoms with Gasteiger partial charge < -0.3 is 21.1 Å². The first-order valence-corrected chi connectivity index (χ1v) is 9.85. The second-order valence-electron chi connectivity index (χ2n) is 6.54. The van der Waals surface area contributed by atoms with Crippen LogP contribution in [0, 0.1) is 12.3 Å². The Hall–Kier alpha value is -2.84. The summed E-state index contributed by atoms with van der Waals surface area (Å²) in [4.78, 5) is 26.9. The fraction of sp³-hybridized carbons (Fsp3) is 0.250. The van der Waals surface area contributed by atoms with Gasteiger partial charge in [0, 0.05) is 29.2 Å². The van der Waals surface area contributed by atoms with E-state index in [2.05, 4.69) is 5.32 Å². The van der Waals surface area contributed by atoms with E-state index in [0.717, 1.165) is 11.3 Å². The maximum atomic E-state index is 12.9. The normalized spacial score (nSPS) is 17.9. The molecule has 8 heteroatoms. The van der Waals surface area contributed by atoms with Gasteiger partial charge in [0.2, 0.25) is 5.91 Å². The van der Waals surface area contributed by atoms with Crippen LogP contribution in [-0.2, 0) is 9.59 Å². The molecule has 0 radical (unpaired) electrons. The first-order chi connectivity index (χ1) is 13.4. The van der Waals surface area contributed by atoms with Crippen LogP contribution in [0.25, 0.3) is 0 Å². The predicted molar refractivity (Wildman–Crippen MR) is 112 cm³/mol. The fourth-order valence-corrected chi connectivity index (χ4v) is 4.02. The molecule has 1 aliphatic heterocycles. The number of carbonyl (C=O) groups is 2. The third-order valence-corrected chi connectivity index (χ3v) is 5.72. The third kappa shape index (κ3) is 4.35. The van der Waals surface area contributed by atoms with Crippen molar-refractivity contribution in [1.82, 2.24) is 0 Å². The molecule has 0 saturated carbocycles. The number of hydrogen-bond donors (Lipinski definition) is 4. The van der Waals surface area contributed by atoms with Crippen LogP contribution in [0.4, 0.5) is 11.4 Å². The Morgan fingerprint density at radius 1 is 1.25 bits per heavy atom. The molecule has 1 saturated heterocycles. The van der Waals surface area contributed by atoms with Crippen LogP contribution in [0.5, 0.6) is 0 Å². The second kappa shape index (κ2) is 8.45. The molecule has 1 fully saturated rings. The molecule has 28 heavy (non-hydrogen) atoms. The number of benzene rings is 2. The van der Waals surface area contributed by atoms with Gasteiger partial charge in [-0.05, 0) is 43.3 Å². The Balaban J connectivity index is 1.69. The number of amides is 2. The number of nitrogen functional groups attached to an aromatic ring is 1. The Kier molecular flexibility index (Phi) is 6.01. The molecule has 146 valence electrons. The first kappa shape index (κ1) is 19.9. The van der Waals surface area contributed by atoms with E-state index in [0.29, 0.717) is 23.5 Å². The summed E-state index contributed by atoms with van der Waals surface area (Å²) in [5.74, 6) is -0.373. The maximum absolute atomic E-state index is 12.9. The lowest BCUT2D eigenvalue weighted by Gasteiger charge is -2.33. The Morgan fingerprint density at radius 3 is 2.50 bits per heavy atom. The van der Waals surface area contributed by atoms with Gasteiger partial charge >= 0.3 is 0 Å². The summed E-state index contributed by atoms with van der Waals surface area (Å²) in [5, 5.41) is 19.6. The summed E-state index contributed by atoms with van der Waals surface area (Å²) in [6.07, 6.45) is -1.47. The molecule has 0 spiro atoms. The highest BCUT2D eigenvalue weighted by Gasteiger charge is 2.38. The van der Waals surface area contributed by atoms with Crippen molar-refractivity contribution in [3.05, 3.63) is 59.7 Å². The topological polar surface area (TPSA) is 120 Å². The van der Waals surface area contributed by atoms with Crippen LogP contribution in [0.3, 0.4) is 0 Å². The Labute approximate surface area is 167 Å². The van der Waals surface area contributed by atoms with Crippen molar-refractivity contribution >= 4 is 40.8 Å². The molecule has 2 aromatic rings. The quantitative estimate of drug-likeness (QED) is 0.452. The summed E-state index contributed by atoms with van der Waals surface area (Å²) >= 11 is 1.28. The van der Waals surface area contributed by atoms with E-state index in [1.807, 2.05) is 31.2 Å². The van der Waals surface area contributed by atoms with E-state index in [4.69, 9.17) is 11.1 Å². The monoisotopic (exact) mass is 398 g/mol. The number of aliphatic hydroxyl groups excluding tert-OH is 1. The summed E-state index contributed by atoms with van der Waals surface area (Å²) in [5.41, 5.74) is 8.24.